The van der Waals surface area contributed by atoms with Crippen molar-refractivity contribution in [2.24, 2.45) is 0 Å². The van der Waals surface area contributed by atoms with E-state index in [2.05, 4.69) is 40.1 Å². The van der Waals surface area contributed by atoms with E-state index < -0.39 is 0 Å². The molecule has 4 heteroatoms. The summed E-state index contributed by atoms with van der Waals surface area (Å²) in [5.74, 6) is 1.82. The maximum atomic E-state index is 4.44. The van der Waals surface area contributed by atoms with Crippen molar-refractivity contribution in [1.29, 1.82) is 0 Å². The molecule has 2 rings (SSSR count). The summed E-state index contributed by atoms with van der Waals surface area (Å²) < 4.78 is 0. The van der Waals surface area contributed by atoms with E-state index in [1.54, 1.807) is 0 Å². The molecule has 18 heavy (non-hydrogen) atoms. The average Bonchev–Trinajstić information content (AvgIpc) is 2.89. The number of hydrogen-bond acceptors (Lipinski definition) is 4. The SMILES string of the molecule is CCc1cc(NCC(C)N2CCCC2)nc(C)n1. The molecule has 0 aliphatic carbocycles. The molecular weight excluding hydrogens is 224 g/mol. The molecule has 1 N–H and O–H groups in total. The first kappa shape index (κ1) is 13.3. The molecule has 0 amide bonds. The third kappa shape index (κ3) is 3.42. The fourth-order valence-corrected chi connectivity index (χ4v) is 2.46. The number of hydrogen-bond donors (Lipinski definition) is 1. The molecule has 1 unspecified atom stereocenters. The Kier molecular flexibility index (Phi) is 4.53. The quantitative estimate of drug-likeness (QED) is 0.867. The second-order valence-electron chi connectivity index (χ2n) is 5.12. The van der Waals surface area contributed by atoms with Crippen molar-refractivity contribution in [1.82, 2.24) is 14.9 Å². The van der Waals surface area contributed by atoms with Crippen molar-refractivity contribution in [3.63, 3.8) is 0 Å². The maximum absolute atomic E-state index is 4.44. The fraction of sp³-hybridized carbons (Fsp3) is 0.714. The number of rotatable bonds is 5. The Balaban J connectivity index is 1.90. The largest absolute Gasteiger partial charge is 0.368 e. The van der Waals surface area contributed by atoms with Crippen molar-refractivity contribution in [3.05, 3.63) is 17.6 Å². The Morgan fingerprint density at radius 2 is 2.06 bits per heavy atom. The summed E-state index contributed by atoms with van der Waals surface area (Å²) in [6.07, 6.45) is 3.65. The summed E-state index contributed by atoms with van der Waals surface area (Å²) in [7, 11) is 0. The van der Waals surface area contributed by atoms with Gasteiger partial charge in [0.1, 0.15) is 11.6 Å². The van der Waals surface area contributed by atoms with Crippen molar-refractivity contribution in [2.75, 3.05) is 25.0 Å². The summed E-state index contributed by atoms with van der Waals surface area (Å²) in [5.41, 5.74) is 1.11. The van der Waals surface area contributed by atoms with Crippen LogP contribution in [-0.4, -0.2) is 40.5 Å². The summed E-state index contributed by atoms with van der Waals surface area (Å²) in [6.45, 7) is 9.80. The normalized spacial score (nSPS) is 17.9. The van der Waals surface area contributed by atoms with Gasteiger partial charge in [-0.25, -0.2) is 9.97 Å². The van der Waals surface area contributed by atoms with Crippen LogP contribution >= 0.6 is 0 Å². The van der Waals surface area contributed by atoms with Crippen molar-refractivity contribution in [2.45, 2.75) is 46.1 Å². The van der Waals surface area contributed by atoms with E-state index in [9.17, 15) is 0 Å². The predicted octanol–water partition coefficient (Wildman–Crippen LogP) is 2.24. The van der Waals surface area contributed by atoms with Crippen LogP contribution in [0, 0.1) is 6.92 Å². The Morgan fingerprint density at radius 1 is 1.33 bits per heavy atom. The summed E-state index contributed by atoms with van der Waals surface area (Å²) >= 11 is 0. The maximum Gasteiger partial charge on any atom is 0.129 e. The summed E-state index contributed by atoms with van der Waals surface area (Å²) in [6, 6.07) is 2.64. The van der Waals surface area contributed by atoms with E-state index in [4.69, 9.17) is 0 Å². The molecule has 0 radical (unpaired) electrons. The van der Waals surface area contributed by atoms with E-state index in [0.29, 0.717) is 6.04 Å². The number of likely N-dealkylation sites (tertiary alicyclic amines) is 1. The van der Waals surface area contributed by atoms with Crippen LogP contribution in [0.2, 0.25) is 0 Å². The highest BCUT2D eigenvalue weighted by Crippen LogP contribution is 2.13. The first-order valence-corrected chi connectivity index (χ1v) is 7.01. The van der Waals surface area contributed by atoms with Gasteiger partial charge < -0.3 is 5.32 Å². The zero-order valence-electron chi connectivity index (χ0n) is 11.7. The minimum absolute atomic E-state index is 0.577. The number of aryl methyl sites for hydroxylation is 2. The van der Waals surface area contributed by atoms with Crippen molar-refractivity contribution < 1.29 is 0 Å². The molecule has 1 aliphatic rings. The van der Waals surface area contributed by atoms with Crippen LogP contribution in [0.5, 0.6) is 0 Å². The zero-order valence-corrected chi connectivity index (χ0v) is 11.7. The Labute approximate surface area is 110 Å². The smallest absolute Gasteiger partial charge is 0.129 e. The molecule has 1 fully saturated rings. The topological polar surface area (TPSA) is 41.0 Å². The van der Waals surface area contributed by atoms with Gasteiger partial charge in [0.15, 0.2) is 0 Å². The van der Waals surface area contributed by atoms with Crippen molar-refractivity contribution >= 4 is 5.82 Å². The predicted molar refractivity (Wildman–Crippen MR) is 74.9 cm³/mol. The number of nitrogens with one attached hydrogen (secondary N) is 1. The Bertz CT molecular complexity index is 385. The molecule has 2 heterocycles. The van der Waals surface area contributed by atoms with E-state index in [1.807, 2.05) is 6.92 Å². The number of nitrogens with zero attached hydrogens (tertiary/aromatic N) is 3. The van der Waals surface area contributed by atoms with E-state index in [-0.39, 0.29) is 0 Å². The molecule has 1 aromatic rings. The lowest BCUT2D eigenvalue weighted by Crippen LogP contribution is -2.35. The molecule has 4 nitrogen and oxygen atoms in total. The van der Waals surface area contributed by atoms with Gasteiger partial charge in [-0.05, 0) is 46.2 Å². The van der Waals surface area contributed by atoms with Gasteiger partial charge in [0.25, 0.3) is 0 Å². The second kappa shape index (κ2) is 6.14. The third-order valence-electron chi connectivity index (χ3n) is 3.60. The molecule has 1 saturated heterocycles. The lowest BCUT2D eigenvalue weighted by molar-refractivity contribution is 0.269. The minimum Gasteiger partial charge on any atom is -0.368 e. The van der Waals surface area contributed by atoms with Gasteiger partial charge >= 0.3 is 0 Å². The van der Waals surface area contributed by atoms with Gasteiger partial charge in [-0.1, -0.05) is 6.92 Å². The summed E-state index contributed by atoms with van der Waals surface area (Å²) in [5, 5.41) is 3.44. The first-order valence-electron chi connectivity index (χ1n) is 7.01. The van der Waals surface area contributed by atoms with Crippen LogP contribution in [0.15, 0.2) is 6.07 Å². The first-order chi connectivity index (χ1) is 8.69. The highest BCUT2D eigenvalue weighted by molar-refractivity contribution is 5.36. The van der Waals surface area contributed by atoms with Gasteiger partial charge in [0.2, 0.25) is 0 Å². The average molecular weight is 248 g/mol. The van der Waals surface area contributed by atoms with Gasteiger partial charge in [-0.2, -0.15) is 0 Å². The molecule has 1 atom stereocenters. The fourth-order valence-electron chi connectivity index (χ4n) is 2.46. The van der Waals surface area contributed by atoms with E-state index in [1.165, 1.54) is 25.9 Å². The van der Waals surface area contributed by atoms with Gasteiger partial charge in [0.05, 0.1) is 0 Å². The standard InChI is InChI=1S/C14H24N4/c1-4-13-9-14(17-12(3)16-13)15-10-11(2)18-7-5-6-8-18/h9,11H,4-8,10H2,1-3H3,(H,15,16,17). The summed E-state index contributed by atoms with van der Waals surface area (Å²) in [4.78, 5) is 11.4. The lowest BCUT2D eigenvalue weighted by Gasteiger charge is -2.24. The second-order valence-corrected chi connectivity index (χ2v) is 5.12. The van der Waals surface area contributed by atoms with Crippen LogP contribution in [0.25, 0.3) is 0 Å². The van der Waals surface area contributed by atoms with Gasteiger partial charge in [-0.15, -0.1) is 0 Å². The van der Waals surface area contributed by atoms with Crippen LogP contribution < -0.4 is 5.32 Å². The van der Waals surface area contributed by atoms with Crippen LogP contribution in [0.4, 0.5) is 5.82 Å². The molecule has 0 aromatic carbocycles. The molecule has 1 aromatic heterocycles. The molecule has 0 saturated carbocycles. The molecule has 0 bridgehead atoms. The van der Waals surface area contributed by atoms with Crippen LogP contribution in [0.3, 0.4) is 0 Å². The van der Waals surface area contributed by atoms with Crippen LogP contribution in [0.1, 0.15) is 38.2 Å². The molecule has 1 aliphatic heterocycles. The third-order valence-corrected chi connectivity index (χ3v) is 3.60. The minimum atomic E-state index is 0.577. The molecule has 100 valence electrons. The van der Waals surface area contributed by atoms with E-state index in [0.717, 1.165) is 30.3 Å². The highest BCUT2D eigenvalue weighted by atomic mass is 15.2. The number of anilines is 1. The highest BCUT2D eigenvalue weighted by Gasteiger charge is 2.17. The van der Waals surface area contributed by atoms with E-state index >= 15 is 0 Å². The number of aromatic nitrogens is 2. The zero-order chi connectivity index (χ0) is 13.0. The molecule has 0 spiro atoms. The lowest BCUT2D eigenvalue weighted by atomic mass is 10.3. The van der Waals surface area contributed by atoms with Gasteiger partial charge in [-0.3, -0.25) is 4.90 Å². The van der Waals surface area contributed by atoms with Gasteiger partial charge in [0, 0.05) is 24.3 Å². The van der Waals surface area contributed by atoms with Crippen molar-refractivity contribution in [3.8, 4) is 0 Å². The monoisotopic (exact) mass is 248 g/mol. The Hall–Kier alpha value is -1.16. The Morgan fingerprint density at radius 3 is 2.72 bits per heavy atom. The molecular formula is C14H24N4. The van der Waals surface area contributed by atoms with Crippen LogP contribution in [-0.2, 0) is 6.42 Å².